The van der Waals surface area contributed by atoms with E-state index in [-0.39, 0.29) is 0 Å². The second-order valence-electron chi connectivity index (χ2n) is 5.56. The van der Waals surface area contributed by atoms with Crippen molar-refractivity contribution in [2.75, 3.05) is 45.4 Å². The Labute approximate surface area is 157 Å². The fourth-order valence-corrected chi connectivity index (χ4v) is 2.82. The Balaban J connectivity index is 2.46. The third-order valence-electron chi connectivity index (χ3n) is 3.58. The first kappa shape index (κ1) is 21.5. The van der Waals surface area contributed by atoms with Gasteiger partial charge in [0.15, 0.2) is 17.5 Å². The molecule has 0 heterocycles. The highest BCUT2D eigenvalue weighted by molar-refractivity contribution is 7.98. The minimum atomic E-state index is 0.637. The van der Waals surface area contributed by atoms with Gasteiger partial charge in [0, 0.05) is 19.6 Å². The average Bonchev–Trinajstić information content (AvgIpc) is 2.62. The van der Waals surface area contributed by atoms with Gasteiger partial charge < -0.3 is 20.1 Å². The molecule has 0 aliphatic carbocycles. The zero-order chi connectivity index (χ0) is 18.3. The van der Waals surface area contributed by atoms with Gasteiger partial charge in [-0.05, 0) is 62.8 Å². The standard InChI is InChI=1S/C19H33N3O2S/c1-5-20-19(22-13-8-14-25-4)21-12-7-9-16-10-11-17(23-3)18(15-16)24-6-2/h10-11,15H,5-9,12-14H2,1-4H3,(H2,20,21,22). The quantitative estimate of drug-likeness (QED) is 0.337. The second kappa shape index (κ2) is 13.7. The van der Waals surface area contributed by atoms with Crippen LogP contribution >= 0.6 is 11.8 Å². The van der Waals surface area contributed by atoms with E-state index in [4.69, 9.17) is 9.47 Å². The lowest BCUT2D eigenvalue weighted by atomic mass is 10.1. The zero-order valence-corrected chi connectivity index (χ0v) is 16.9. The van der Waals surface area contributed by atoms with Crippen molar-refractivity contribution in [2.45, 2.75) is 33.1 Å². The number of thioether (sulfide) groups is 1. The normalized spacial score (nSPS) is 11.3. The van der Waals surface area contributed by atoms with Gasteiger partial charge in [0.2, 0.25) is 0 Å². The molecule has 142 valence electrons. The number of aliphatic imine (C=N–C) groups is 1. The summed E-state index contributed by atoms with van der Waals surface area (Å²) in [4.78, 5) is 4.65. The Kier molecular flexibility index (Phi) is 11.8. The predicted octanol–water partition coefficient (Wildman–Crippen LogP) is 3.33. The minimum Gasteiger partial charge on any atom is -0.493 e. The summed E-state index contributed by atoms with van der Waals surface area (Å²) in [6.45, 7) is 7.35. The van der Waals surface area contributed by atoms with Crippen LogP contribution in [0.4, 0.5) is 0 Å². The van der Waals surface area contributed by atoms with E-state index in [0.717, 1.165) is 56.4 Å². The van der Waals surface area contributed by atoms with Crippen LogP contribution in [0.1, 0.15) is 32.3 Å². The molecule has 1 aromatic carbocycles. The van der Waals surface area contributed by atoms with Crippen molar-refractivity contribution in [3.63, 3.8) is 0 Å². The topological polar surface area (TPSA) is 54.9 Å². The van der Waals surface area contributed by atoms with Crippen molar-refractivity contribution in [1.82, 2.24) is 10.6 Å². The van der Waals surface area contributed by atoms with Crippen LogP contribution in [0.25, 0.3) is 0 Å². The van der Waals surface area contributed by atoms with Crippen LogP contribution in [0.3, 0.4) is 0 Å². The van der Waals surface area contributed by atoms with Crippen molar-refractivity contribution >= 4 is 17.7 Å². The highest BCUT2D eigenvalue weighted by atomic mass is 32.2. The van der Waals surface area contributed by atoms with Gasteiger partial charge in [-0.3, -0.25) is 4.99 Å². The first-order valence-corrected chi connectivity index (χ1v) is 10.4. The predicted molar refractivity (Wildman–Crippen MR) is 109 cm³/mol. The number of hydrogen-bond acceptors (Lipinski definition) is 4. The van der Waals surface area contributed by atoms with E-state index in [1.54, 1.807) is 7.11 Å². The van der Waals surface area contributed by atoms with Crippen LogP contribution in [0.2, 0.25) is 0 Å². The Bertz CT molecular complexity index is 509. The van der Waals surface area contributed by atoms with E-state index >= 15 is 0 Å². The fourth-order valence-electron chi connectivity index (χ4n) is 2.38. The minimum absolute atomic E-state index is 0.637. The van der Waals surface area contributed by atoms with E-state index in [0.29, 0.717) is 6.61 Å². The van der Waals surface area contributed by atoms with Crippen LogP contribution < -0.4 is 20.1 Å². The average molecular weight is 368 g/mol. The number of guanidine groups is 1. The van der Waals surface area contributed by atoms with Crippen LogP contribution in [-0.4, -0.2) is 51.3 Å². The van der Waals surface area contributed by atoms with Crippen molar-refractivity contribution in [3.8, 4) is 11.5 Å². The lowest BCUT2D eigenvalue weighted by molar-refractivity contribution is 0.310. The summed E-state index contributed by atoms with van der Waals surface area (Å²) >= 11 is 1.87. The summed E-state index contributed by atoms with van der Waals surface area (Å²) in [5.74, 6) is 3.68. The molecule has 0 aromatic heterocycles. The summed E-state index contributed by atoms with van der Waals surface area (Å²) < 4.78 is 11.0. The lowest BCUT2D eigenvalue weighted by Gasteiger charge is -2.12. The summed E-state index contributed by atoms with van der Waals surface area (Å²) in [6.07, 6.45) is 5.26. The maximum Gasteiger partial charge on any atom is 0.191 e. The second-order valence-corrected chi connectivity index (χ2v) is 6.54. The van der Waals surface area contributed by atoms with Crippen LogP contribution in [0.5, 0.6) is 11.5 Å². The third-order valence-corrected chi connectivity index (χ3v) is 4.28. The van der Waals surface area contributed by atoms with Gasteiger partial charge >= 0.3 is 0 Å². The molecule has 0 unspecified atom stereocenters. The molecule has 0 fully saturated rings. The molecule has 0 amide bonds. The number of hydrogen-bond donors (Lipinski definition) is 2. The first-order chi connectivity index (χ1) is 12.2. The monoisotopic (exact) mass is 367 g/mol. The van der Waals surface area contributed by atoms with Crippen LogP contribution in [0.15, 0.2) is 23.2 Å². The molecular formula is C19H33N3O2S. The Morgan fingerprint density at radius 2 is 2.00 bits per heavy atom. The first-order valence-electron chi connectivity index (χ1n) is 9.05. The van der Waals surface area contributed by atoms with Crippen LogP contribution in [-0.2, 0) is 6.42 Å². The molecule has 0 radical (unpaired) electrons. The number of rotatable bonds is 12. The maximum atomic E-state index is 5.63. The number of methoxy groups -OCH3 is 1. The summed E-state index contributed by atoms with van der Waals surface area (Å²) in [7, 11) is 1.67. The summed E-state index contributed by atoms with van der Waals surface area (Å²) in [5, 5.41) is 6.68. The zero-order valence-electron chi connectivity index (χ0n) is 16.1. The molecule has 6 heteroatoms. The lowest BCUT2D eigenvalue weighted by Crippen LogP contribution is -2.38. The van der Waals surface area contributed by atoms with Gasteiger partial charge in [-0.25, -0.2) is 0 Å². The molecule has 0 atom stereocenters. The van der Waals surface area contributed by atoms with E-state index < -0.39 is 0 Å². The van der Waals surface area contributed by atoms with Crippen molar-refractivity contribution in [3.05, 3.63) is 23.8 Å². The summed E-state index contributed by atoms with van der Waals surface area (Å²) in [6, 6.07) is 6.13. The van der Waals surface area contributed by atoms with Gasteiger partial charge in [0.25, 0.3) is 0 Å². The third kappa shape index (κ3) is 8.91. The maximum absolute atomic E-state index is 5.63. The van der Waals surface area contributed by atoms with E-state index in [1.165, 1.54) is 11.3 Å². The molecule has 0 aliphatic heterocycles. The largest absolute Gasteiger partial charge is 0.493 e. The molecule has 2 N–H and O–H groups in total. The van der Waals surface area contributed by atoms with Crippen molar-refractivity contribution < 1.29 is 9.47 Å². The molecule has 1 aromatic rings. The molecule has 25 heavy (non-hydrogen) atoms. The SMILES string of the molecule is CCNC(=NCCCc1ccc(OC)c(OCC)c1)NCCCSC. The molecule has 1 rings (SSSR count). The Hall–Kier alpha value is -1.56. The smallest absolute Gasteiger partial charge is 0.191 e. The number of benzene rings is 1. The fraction of sp³-hybridized carbons (Fsp3) is 0.632. The van der Waals surface area contributed by atoms with Gasteiger partial charge in [-0.15, -0.1) is 0 Å². The molecule has 0 spiro atoms. The van der Waals surface area contributed by atoms with Gasteiger partial charge in [0.05, 0.1) is 13.7 Å². The van der Waals surface area contributed by atoms with Crippen molar-refractivity contribution in [1.29, 1.82) is 0 Å². The Morgan fingerprint density at radius 3 is 2.68 bits per heavy atom. The van der Waals surface area contributed by atoms with Gasteiger partial charge in [0.1, 0.15) is 0 Å². The number of ether oxygens (including phenoxy) is 2. The van der Waals surface area contributed by atoms with Crippen LogP contribution in [0, 0.1) is 0 Å². The van der Waals surface area contributed by atoms with E-state index in [1.807, 2.05) is 24.8 Å². The van der Waals surface area contributed by atoms with E-state index in [9.17, 15) is 0 Å². The number of aryl methyl sites for hydroxylation is 1. The van der Waals surface area contributed by atoms with E-state index in [2.05, 4.69) is 40.9 Å². The molecular weight excluding hydrogens is 334 g/mol. The highest BCUT2D eigenvalue weighted by Gasteiger charge is 2.05. The molecule has 0 saturated carbocycles. The van der Waals surface area contributed by atoms with Gasteiger partial charge in [-0.1, -0.05) is 6.07 Å². The summed E-state index contributed by atoms with van der Waals surface area (Å²) in [5.41, 5.74) is 1.25. The molecule has 0 bridgehead atoms. The number of nitrogens with zero attached hydrogens (tertiary/aromatic N) is 1. The van der Waals surface area contributed by atoms with Gasteiger partial charge in [-0.2, -0.15) is 11.8 Å². The van der Waals surface area contributed by atoms with Crippen molar-refractivity contribution in [2.24, 2.45) is 4.99 Å². The number of nitrogens with one attached hydrogen (secondary N) is 2. The molecule has 0 saturated heterocycles. The highest BCUT2D eigenvalue weighted by Crippen LogP contribution is 2.28. The Morgan fingerprint density at radius 1 is 1.16 bits per heavy atom. The molecule has 0 aliphatic rings. The molecule has 5 nitrogen and oxygen atoms in total.